The number of ether oxygens (including phenoxy) is 2. The molecule has 3 heterocycles. The lowest BCUT2D eigenvalue weighted by Crippen LogP contribution is -2.57. The Labute approximate surface area is 399 Å². The second-order valence-corrected chi connectivity index (χ2v) is 20.2. The molecule has 0 radical (unpaired) electrons. The maximum atomic E-state index is 7.19. The van der Waals surface area contributed by atoms with Crippen LogP contribution in [0.25, 0.3) is 27.5 Å². The van der Waals surface area contributed by atoms with Crippen LogP contribution in [-0.2, 0) is 10.8 Å². The molecule has 68 heavy (non-hydrogen) atoms. The fourth-order valence-corrected chi connectivity index (χ4v) is 10.4. The molecule has 0 aliphatic carbocycles. The van der Waals surface area contributed by atoms with Crippen LogP contribution in [0.15, 0.2) is 206 Å². The minimum Gasteiger partial charge on any atom is -0.458 e. The third-order valence-corrected chi connectivity index (χ3v) is 13.8. The summed E-state index contributed by atoms with van der Waals surface area (Å²) in [6.07, 6.45) is 0. The third-order valence-electron chi connectivity index (χ3n) is 13.8. The first kappa shape index (κ1) is 41.5. The van der Waals surface area contributed by atoms with Gasteiger partial charge in [-0.25, -0.2) is 0 Å². The molecular formula is C62H52BN3O2. The fourth-order valence-electron chi connectivity index (χ4n) is 10.4. The molecule has 0 saturated carbocycles. The van der Waals surface area contributed by atoms with Gasteiger partial charge in [0.2, 0.25) is 0 Å². The summed E-state index contributed by atoms with van der Waals surface area (Å²) in [5, 5.41) is 2.26. The van der Waals surface area contributed by atoms with Crippen LogP contribution in [0.4, 0.5) is 34.1 Å². The van der Waals surface area contributed by atoms with E-state index in [9.17, 15) is 0 Å². The van der Waals surface area contributed by atoms with Crippen LogP contribution in [0.1, 0.15) is 52.7 Å². The molecule has 5 nitrogen and oxygen atoms in total. The van der Waals surface area contributed by atoms with Gasteiger partial charge in [0.1, 0.15) is 23.0 Å². The predicted octanol–water partition coefficient (Wildman–Crippen LogP) is 15.0. The van der Waals surface area contributed by atoms with Crippen molar-refractivity contribution in [1.29, 1.82) is 0 Å². The lowest BCUT2D eigenvalue weighted by Gasteiger charge is -2.35. The number of anilines is 6. The molecule has 10 aromatic rings. The van der Waals surface area contributed by atoms with E-state index in [1.165, 1.54) is 22.1 Å². The molecule has 0 unspecified atom stereocenters. The quantitative estimate of drug-likeness (QED) is 0.149. The number of para-hydroxylation sites is 6. The molecule has 330 valence electrons. The Kier molecular flexibility index (Phi) is 9.66. The smallest absolute Gasteiger partial charge is 0.260 e. The van der Waals surface area contributed by atoms with Gasteiger partial charge in [-0.1, -0.05) is 163 Å². The average Bonchev–Trinajstić information content (AvgIpc) is 3.70. The normalized spacial score (nSPS) is 12.8. The first-order chi connectivity index (χ1) is 33.0. The first-order valence-electron chi connectivity index (χ1n) is 23.7. The van der Waals surface area contributed by atoms with Gasteiger partial charge in [0.25, 0.3) is 6.71 Å². The molecule has 0 N–H and O–H groups in total. The minimum atomic E-state index is -0.0891. The van der Waals surface area contributed by atoms with Crippen molar-refractivity contribution in [3.63, 3.8) is 0 Å². The van der Waals surface area contributed by atoms with E-state index in [2.05, 4.69) is 262 Å². The van der Waals surface area contributed by atoms with E-state index < -0.39 is 0 Å². The second kappa shape index (κ2) is 15.8. The summed E-state index contributed by atoms with van der Waals surface area (Å²) in [4.78, 5) is 4.75. The molecular weight excluding hydrogens is 830 g/mol. The van der Waals surface area contributed by atoms with E-state index in [1.807, 2.05) is 0 Å². The molecule has 12 rings (SSSR count). The van der Waals surface area contributed by atoms with Crippen molar-refractivity contribution in [1.82, 2.24) is 4.57 Å². The summed E-state index contributed by atoms with van der Waals surface area (Å²) in [5.74, 6) is 3.33. The largest absolute Gasteiger partial charge is 0.458 e. The highest BCUT2D eigenvalue weighted by atomic mass is 16.5. The van der Waals surface area contributed by atoms with Gasteiger partial charge in [-0.2, -0.15) is 0 Å². The van der Waals surface area contributed by atoms with Crippen molar-refractivity contribution in [2.45, 2.75) is 52.4 Å². The third kappa shape index (κ3) is 6.85. The molecule has 0 atom stereocenters. The van der Waals surface area contributed by atoms with Crippen molar-refractivity contribution in [3.05, 3.63) is 217 Å². The topological polar surface area (TPSA) is 29.9 Å². The Bertz CT molecular complexity index is 3230. The second-order valence-electron chi connectivity index (χ2n) is 20.2. The summed E-state index contributed by atoms with van der Waals surface area (Å²) in [6, 6.07) is 74.2. The highest BCUT2D eigenvalue weighted by molar-refractivity contribution is 6.98. The molecule has 6 heteroatoms. The zero-order valence-electron chi connectivity index (χ0n) is 39.4. The molecule has 2 aliphatic rings. The minimum absolute atomic E-state index is 0.0457. The van der Waals surface area contributed by atoms with Crippen molar-refractivity contribution < 1.29 is 9.47 Å². The summed E-state index contributed by atoms with van der Waals surface area (Å²) in [7, 11) is 0. The Morgan fingerprint density at radius 2 is 0.750 bits per heavy atom. The molecule has 0 amide bonds. The van der Waals surface area contributed by atoms with Crippen LogP contribution in [0.3, 0.4) is 0 Å². The molecule has 0 spiro atoms. The number of fused-ring (bicyclic) bond motifs is 7. The lowest BCUT2D eigenvalue weighted by molar-refractivity contribution is 0.463. The Hall–Kier alpha value is -7.96. The Morgan fingerprint density at radius 1 is 0.382 bits per heavy atom. The monoisotopic (exact) mass is 881 g/mol. The van der Waals surface area contributed by atoms with Gasteiger partial charge in [-0.05, 0) is 106 Å². The van der Waals surface area contributed by atoms with Crippen LogP contribution in [0.5, 0.6) is 23.0 Å². The van der Waals surface area contributed by atoms with Crippen LogP contribution in [-0.4, -0.2) is 11.3 Å². The predicted molar refractivity (Wildman–Crippen MR) is 285 cm³/mol. The first-order valence-corrected chi connectivity index (χ1v) is 23.7. The van der Waals surface area contributed by atoms with Gasteiger partial charge >= 0.3 is 0 Å². The molecule has 0 bridgehead atoms. The van der Waals surface area contributed by atoms with Crippen molar-refractivity contribution in [2.24, 2.45) is 0 Å². The van der Waals surface area contributed by atoms with Gasteiger partial charge < -0.3 is 23.8 Å². The van der Waals surface area contributed by atoms with Crippen LogP contribution in [0.2, 0.25) is 0 Å². The highest BCUT2D eigenvalue weighted by Gasteiger charge is 2.42. The van der Waals surface area contributed by atoms with Crippen molar-refractivity contribution in [2.75, 3.05) is 9.80 Å². The lowest BCUT2D eigenvalue weighted by atomic mass is 9.34. The summed E-state index contributed by atoms with van der Waals surface area (Å²) < 4.78 is 16.8. The maximum Gasteiger partial charge on any atom is 0.260 e. The SMILES string of the molecule is CC(C)(C)c1ccc2c(c1)B1c3cc(C(C)(C)C)ccc3Oc3cc(-n4c5c(N(c6ccccc6)c6ccccc6)cccc5c5cccc(N(c6ccccc6)c6ccccc6)c54)cc(c31)O2. The van der Waals surface area contributed by atoms with Gasteiger partial charge in [-0.15, -0.1) is 0 Å². The zero-order chi connectivity index (χ0) is 46.3. The van der Waals surface area contributed by atoms with Crippen LogP contribution < -0.4 is 35.7 Å². The number of benzene rings is 9. The number of rotatable bonds is 7. The standard InChI is InChI=1S/C62H52BN3O2/c1-61(2,3)41-33-35-54-50(37-41)63-51-38-42(62(4,5)6)34-36-55(51)68-57-40-47(39-56(67-54)58(57)63)66-59-48(29-19-31-52(59)64(43-21-11-7-12-22-43)44-23-13-8-14-24-44)49-30-20-32-53(60(49)66)65(45-25-15-9-16-26-45)46-27-17-10-18-28-46/h7-40H,1-6H3. The van der Waals surface area contributed by atoms with Crippen molar-refractivity contribution in [3.8, 4) is 28.7 Å². The summed E-state index contributed by atoms with van der Waals surface area (Å²) in [5.41, 5.74) is 15.2. The number of hydrogen-bond acceptors (Lipinski definition) is 4. The highest BCUT2D eigenvalue weighted by Crippen LogP contribution is 2.49. The Balaban J connectivity index is 1.19. The van der Waals surface area contributed by atoms with Crippen molar-refractivity contribution >= 4 is 79.0 Å². The molecule has 0 fully saturated rings. The van der Waals surface area contributed by atoms with E-state index in [0.29, 0.717) is 0 Å². The summed E-state index contributed by atoms with van der Waals surface area (Å²) in [6.45, 7) is 13.6. The molecule has 2 aliphatic heterocycles. The number of hydrogen-bond donors (Lipinski definition) is 0. The van der Waals surface area contributed by atoms with E-state index in [-0.39, 0.29) is 17.5 Å². The fraction of sp³-hybridized carbons (Fsp3) is 0.129. The summed E-state index contributed by atoms with van der Waals surface area (Å²) >= 11 is 0. The van der Waals surface area contributed by atoms with E-state index in [1.54, 1.807) is 0 Å². The zero-order valence-corrected chi connectivity index (χ0v) is 39.4. The van der Waals surface area contributed by atoms with Crippen LogP contribution in [0, 0.1) is 0 Å². The Morgan fingerprint density at radius 3 is 1.10 bits per heavy atom. The van der Waals surface area contributed by atoms with Gasteiger partial charge in [0.15, 0.2) is 0 Å². The number of aromatic nitrogens is 1. The molecule has 9 aromatic carbocycles. The average molecular weight is 882 g/mol. The molecule has 1 aromatic heterocycles. The van der Waals surface area contributed by atoms with E-state index in [0.717, 1.165) is 90.1 Å². The number of nitrogens with zero attached hydrogens (tertiary/aromatic N) is 3. The van der Waals surface area contributed by atoms with Gasteiger partial charge in [0, 0.05) is 51.1 Å². The van der Waals surface area contributed by atoms with Gasteiger partial charge in [0.05, 0.1) is 28.1 Å². The van der Waals surface area contributed by atoms with E-state index in [4.69, 9.17) is 9.47 Å². The van der Waals surface area contributed by atoms with Crippen LogP contribution >= 0.6 is 0 Å². The van der Waals surface area contributed by atoms with E-state index >= 15 is 0 Å². The molecule has 0 saturated heterocycles. The maximum absolute atomic E-state index is 7.19. The van der Waals surface area contributed by atoms with Gasteiger partial charge in [-0.3, -0.25) is 0 Å².